The molecule has 1 heterocycles. The van der Waals surface area contributed by atoms with Gasteiger partial charge >= 0.3 is 0 Å². The zero-order valence-corrected chi connectivity index (χ0v) is 21.8. The number of nitro groups is 1. The largest absolute Gasteiger partial charge is 0.493 e. The summed E-state index contributed by atoms with van der Waals surface area (Å²) in [6.45, 7) is 2.74. The number of non-ortho nitro benzene ring substituents is 1. The van der Waals surface area contributed by atoms with Crippen molar-refractivity contribution in [2.24, 2.45) is 11.0 Å². The maximum absolute atomic E-state index is 12.6. The van der Waals surface area contributed by atoms with Gasteiger partial charge in [0.25, 0.3) is 5.69 Å². The first-order valence-corrected chi connectivity index (χ1v) is 12.6. The predicted octanol–water partition coefficient (Wildman–Crippen LogP) is 5.20. The zero-order chi connectivity index (χ0) is 26.9. The Morgan fingerprint density at radius 3 is 2.42 bits per heavy atom. The number of halogens is 1. The Morgan fingerprint density at radius 1 is 1.08 bits per heavy atom. The van der Waals surface area contributed by atoms with Gasteiger partial charge in [0.2, 0.25) is 5.91 Å². The molecule has 1 N–H and O–H groups in total. The molecule has 38 heavy (non-hydrogen) atoms. The van der Waals surface area contributed by atoms with Gasteiger partial charge in [-0.25, -0.2) is 5.43 Å². The van der Waals surface area contributed by atoms with Crippen molar-refractivity contribution in [2.75, 3.05) is 20.2 Å². The van der Waals surface area contributed by atoms with Crippen LogP contribution in [0.2, 0.25) is 5.02 Å². The average molecular weight is 537 g/mol. The molecule has 0 atom stereocenters. The second-order valence-corrected chi connectivity index (χ2v) is 9.47. The van der Waals surface area contributed by atoms with E-state index in [4.69, 9.17) is 21.1 Å². The minimum absolute atomic E-state index is 0.0232. The SMILES string of the molecule is COc1ccc(/C=N\NC(=O)C2CCN(Cc3ccc(Cl)cc3)CC2)cc1OCc1ccc([N+](=O)[O-])cc1. The summed E-state index contributed by atoms with van der Waals surface area (Å²) in [5.41, 5.74) is 5.40. The van der Waals surface area contributed by atoms with Crippen LogP contribution >= 0.6 is 11.6 Å². The number of nitro benzene ring substituents is 1. The molecule has 1 fully saturated rings. The van der Waals surface area contributed by atoms with Crippen LogP contribution in [0.15, 0.2) is 71.8 Å². The lowest BCUT2D eigenvalue weighted by Crippen LogP contribution is -2.39. The molecule has 0 radical (unpaired) electrons. The van der Waals surface area contributed by atoms with Crippen LogP contribution in [0.3, 0.4) is 0 Å². The minimum Gasteiger partial charge on any atom is -0.493 e. The van der Waals surface area contributed by atoms with E-state index in [1.165, 1.54) is 17.7 Å². The van der Waals surface area contributed by atoms with Crippen molar-refractivity contribution in [1.29, 1.82) is 0 Å². The Bertz CT molecular complexity index is 1270. The van der Waals surface area contributed by atoms with Gasteiger partial charge in [0.05, 0.1) is 18.2 Å². The summed E-state index contributed by atoms with van der Waals surface area (Å²) in [4.78, 5) is 25.4. The summed E-state index contributed by atoms with van der Waals surface area (Å²) in [5.74, 6) is 0.869. The summed E-state index contributed by atoms with van der Waals surface area (Å²) >= 11 is 5.96. The number of carbonyl (C=O) groups excluding carboxylic acids is 1. The summed E-state index contributed by atoms with van der Waals surface area (Å²) in [6, 6.07) is 19.3. The lowest BCUT2D eigenvalue weighted by atomic mass is 9.96. The summed E-state index contributed by atoms with van der Waals surface area (Å²) in [5, 5.41) is 15.7. The number of nitrogens with zero attached hydrogens (tertiary/aromatic N) is 3. The molecule has 3 aromatic carbocycles. The first kappa shape index (κ1) is 27.1. The van der Waals surface area contributed by atoms with Crippen LogP contribution in [-0.4, -0.2) is 42.1 Å². The first-order chi connectivity index (χ1) is 18.4. The van der Waals surface area contributed by atoms with Gasteiger partial charge in [-0.3, -0.25) is 19.8 Å². The van der Waals surface area contributed by atoms with Crippen molar-refractivity contribution >= 4 is 29.4 Å². The molecule has 4 rings (SSSR count). The number of ether oxygens (including phenoxy) is 2. The Morgan fingerprint density at radius 2 is 1.76 bits per heavy atom. The molecule has 198 valence electrons. The van der Waals surface area contributed by atoms with Crippen LogP contribution < -0.4 is 14.9 Å². The maximum Gasteiger partial charge on any atom is 0.269 e. The number of methoxy groups -OCH3 is 1. The van der Waals surface area contributed by atoms with E-state index >= 15 is 0 Å². The van der Waals surface area contributed by atoms with Gasteiger partial charge in [0.15, 0.2) is 11.5 Å². The molecule has 0 aliphatic carbocycles. The molecule has 1 saturated heterocycles. The third kappa shape index (κ3) is 7.53. The van der Waals surface area contributed by atoms with Crippen molar-refractivity contribution in [2.45, 2.75) is 26.0 Å². The quantitative estimate of drug-likeness (QED) is 0.217. The number of carbonyl (C=O) groups is 1. The second kappa shape index (κ2) is 13.0. The van der Waals surface area contributed by atoms with Crippen molar-refractivity contribution in [3.8, 4) is 11.5 Å². The van der Waals surface area contributed by atoms with Crippen LogP contribution in [0.4, 0.5) is 5.69 Å². The van der Waals surface area contributed by atoms with Crippen LogP contribution in [0.1, 0.15) is 29.5 Å². The number of hydrogen-bond acceptors (Lipinski definition) is 7. The van der Waals surface area contributed by atoms with E-state index in [0.29, 0.717) is 11.5 Å². The van der Waals surface area contributed by atoms with Crippen LogP contribution in [-0.2, 0) is 17.9 Å². The molecule has 0 saturated carbocycles. The van der Waals surface area contributed by atoms with E-state index in [0.717, 1.165) is 48.6 Å². The summed E-state index contributed by atoms with van der Waals surface area (Å²) in [7, 11) is 1.54. The van der Waals surface area contributed by atoms with E-state index in [1.54, 1.807) is 37.6 Å². The average Bonchev–Trinajstić information content (AvgIpc) is 2.94. The number of piperidine rings is 1. The van der Waals surface area contributed by atoms with E-state index < -0.39 is 4.92 Å². The van der Waals surface area contributed by atoms with Crippen molar-refractivity contribution in [3.63, 3.8) is 0 Å². The van der Waals surface area contributed by atoms with Crippen molar-refractivity contribution in [3.05, 3.63) is 98.6 Å². The zero-order valence-electron chi connectivity index (χ0n) is 21.0. The van der Waals surface area contributed by atoms with Crippen molar-refractivity contribution in [1.82, 2.24) is 10.3 Å². The number of likely N-dealkylation sites (tertiary alicyclic amines) is 1. The summed E-state index contributed by atoms with van der Waals surface area (Å²) in [6.07, 6.45) is 3.11. The third-order valence-corrected chi connectivity index (χ3v) is 6.65. The molecular weight excluding hydrogens is 508 g/mol. The lowest BCUT2D eigenvalue weighted by molar-refractivity contribution is -0.384. The van der Waals surface area contributed by atoms with Gasteiger partial charge in [-0.1, -0.05) is 23.7 Å². The highest BCUT2D eigenvalue weighted by atomic mass is 35.5. The molecule has 0 bridgehead atoms. The fourth-order valence-corrected chi connectivity index (χ4v) is 4.35. The molecule has 3 aromatic rings. The van der Waals surface area contributed by atoms with Crippen LogP contribution in [0.5, 0.6) is 11.5 Å². The molecule has 0 aromatic heterocycles. The molecule has 1 aliphatic heterocycles. The highest BCUT2D eigenvalue weighted by Gasteiger charge is 2.24. The number of rotatable bonds is 10. The Balaban J connectivity index is 1.27. The summed E-state index contributed by atoms with van der Waals surface area (Å²) < 4.78 is 11.3. The van der Waals surface area contributed by atoms with Crippen LogP contribution in [0.25, 0.3) is 0 Å². The van der Waals surface area contributed by atoms with E-state index in [2.05, 4.69) is 15.4 Å². The molecule has 9 nitrogen and oxygen atoms in total. The normalized spacial score (nSPS) is 14.4. The van der Waals surface area contributed by atoms with Gasteiger partial charge in [-0.2, -0.15) is 5.10 Å². The lowest BCUT2D eigenvalue weighted by Gasteiger charge is -2.30. The van der Waals surface area contributed by atoms with Gasteiger partial charge in [0.1, 0.15) is 6.61 Å². The van der Waals surface area contributed by atoms with Gasteiger partial charge in [-0.15, -0.1) is 0 Å². The van der Waals surface area contributed by atoms with Crippen molar-refractivity contribution < 1.29 is 19.2 Å². The fraction of sp³-hybridized carbons (Fsp3) is 0.286. The highest BCUT2D eigenvalue weighted by molar-refractivity contribution is 6.30. The standard InChI is InChI=1S/C28H29ClN4O5/c1-37-26-11-6-22(16-27(26)38-19-21-4-9-25(10-5-21)33(35)36)17-30-31-28(34)23-12-14-32(15-13-23)18-20-2-7-24(29)8-3-20/h2-11,16-17,23H,12-15,18-19H2,1H3,(H,31,34)/b30-17-. The number of hydrazone groups is 1. The molecule has 1 amide bonds. The molecule has 0 spiro atoms. The highest BCUT2D eigenvalue weighted by Crippen LogP contribution is 2.28. The van der Waals surface area contributed by atoms with Gasteiger partial charge in [0, 0.05) is 29.6 Å². The third-order valence-electron chi connectivity index (χ3n) is 6.40. The topological polar surface area (TPSA) is 106 Å². The smallest absolute Gasteiger partial charge is 0.269 e. The van der Waals surface area contributed by atoms with Crippen LogP contribution in [0, 0.1) is 16.0 Å². The van der Waals surface area contributed by atoms with E-state index in [1.807, 2.05) is 30.3 Å². The van der Waals surface area contributed by atoms with E-state index in [-0.39, 0.29) is 24.1 Å². The molecule has 1 aliphatic rings. The molecule has 10 heteroatoms. The maximum atomic E-state index is 12.6. The molecular formula is C28H29ClN4O5. The van der Waals surface area contributed by atoms with Gasteiger partial charge < -0.3 is 9.47 Å². The Hall–Kier alpha value is -3.95. The fourth-order valence-electron chi connectivity index (χ4n) is 4.22. The Kier molecular flexibility index (Phi) is 9.29. The number of benzene rings is 3. The Labute approximate surface area is 226 Å². The van der Waals surface area contributed by atoms with Gasteiger partial charge in [-0.05, 0) is 85.1 Å². The second-order valence-electron chi connectivity index (χ2n) is 9.03. The molecule has 0 unspecified atom stereocenters. The first-order valence-electron chi connectivity index (χ1n) is 12.2. The number of hydrogen-bond donors (Lipinski definition) is 1. The predicted molar refractivity (Wildman–Crippen MR) is 146 cm³/mol. The van der Waals surface area contributed by atoms with E-state index in [9.17, 15) is 14.9 Å². The monoisotopic (exact) mass is 536 g/mol. The number of nitrogens with one attached hydrogen (secondary N) is 1. The minimum atomic E-state index is -0.443. The number of amides is 1.